The normalized spacial score (nSPS) is 20.9. The van der Waals surface area contributed by atoms with Crippen molar-refractivity contribution < 1.29 is 71.3 Å². The molecule has 0 aliphatic carbocycles. The second kappa shape index (κ2) is 18.5. The van der Waals surface area contributed by atoms with Crippen LogP contribution in [0.15, 0.2) is 0 Å². The molecule has 0 aromatic carbocycles. The van der Waals surface area contributed by atoms with Crippen LogP contribution in [0.3, 0.4) is 0 Å². The Morgan fingerprint density at radius 1 is 0.600 bits per heavy atom. The molecule has 7 nitrogen and oxygen atoms in total. The van der Waals surface area contributed by atoms with Crippen molar-refractivity contribution in [3.63, 3.8) is 0 Å². The largest absolute Gasteiger partial charge is 2.00 e. The van der Waals surface area contributed by atoms with Gasteiger partial charge in [-0.3, -0.25) is 14.7 Å². The fourth-order valence-corrected chi connectivity index (χ4v) is 2.85. The number of aliphatic hydroxyl groups excluding tert-OH is 3. The van der Waals surface area contributed by atoms with Crippen LogP contribution in [0.4, 0.5) is 0 Å². The predicted molar refractivity (Wildman–Crippen MR) is 88.0 cm³/mol. The molecule has 0 amide bonds. The van der Waals surface area contributed by atoms with Gasteiger partial charge in [0.2, 0.25) is 0 Å². The van der Waals surface area contributed by atoms with E-state index in [4.69, 9.17) is 0 Å². The zero-order valence-electron chi connectivity index (χ0n) is 15.4. The van der Waals surface area contributed by atoms with E-state index >= 15 is 0 Å². The molecule has 0 bridgehead atoms. The van der Waals surface area contributed by atoms with Crippen molar-refractivity contribution in [3.8, 4) is 0 Å². The van der Waals surface area contributed by atoms with E-state index < -0.39 is 0 Å². The summed E-state index contributed by atoms with van der Waals surface area (Å²) in [4.78, 5) is 6.79. The number of rotatable bonds is 6. The summed E-state index contributed by atoms with van der Waals surface area (Å²) in [6, 6.07) is 0. The van der Waals surface area contributed by atoms with Gasteiger partial charge in [-0.05, 0) is 20.8 Å². The van der Waals surface area contributed by atoms with Crippen LogP contribution in [0.5, 0.6) is 0 Å². The zero-order chi connectivity index (χ0) is 15.8. The Bertz CT molecular complexity index is 239. The Morgan fingerprint density at radius 3 is 0.880 bits per heavy atom. The molecule has 1 fully saturated rings. The predicted octanol–water partition coefficient (Wildman–Crippen LogP) is -7.77. The van der Waals surface area contributed by atoms with Crippen LogP contribution in [0.1, 0.15) is 20.8 Å². The third-order valence-electron chi connectivity index (χ3n) is 3.76. The quantitative estimate of drug-likeness (QED) is 0.290. The van der Waals surface area contributed by atoms with Gasteiger partial charge in [0.1, 0.15) is 0 Å². The second-order valence-electron chi connectivity index (χ2n) is 6.45. The summed E-state index contributed by atoms with van der Waals surface area (Å²) >= 11 is 0. The van der Waals surface area contributed by atoms with Crippen LogP contribution in [0.25, 0.3) is 0 Å². The molecule has 0 saturated carbocycles. The zero-order valence-corrected chi connectivity index (χ0v) is 19.5. The van der Waals surface area contributed by atoms with Crippen molar-refractivity contribution in [3.05, 3.63) is 0 Å². The van der Waals surface area contributed by atoms with Crippen LogP contribution < -0.4 is 34.0 Å². The van der Waals surface area contributed by atoms with Crippen molar-refractivity contribution in [1.29, 1.82) is 0 Å². The van der Waals surface area contributed by atoms with Gasteiger partial charge in [0.15, 0.2) is 0 Å². The molecule has 0 aromatic heterocycles. The van der Waals surface area contributed by atoms with E-state index in [1.807, 2.05) is 20.8 Å². The topological polar surface area (TPSA) is 102 Å². The van der Waals surface area contributed by atoms with Crippen molar-refractivity contribution in [2.24, 2.45) is 0 Å². The van der Waals surface area contributed by atoms with E-state index in [1.165, 1.54) is 0 Å². The summed E-state index contributed by atoms with van der Waals surface area (Å²) in [5.74, 6) is 0. The number of hydrogen-bond donors (Lipinski definition) is 3. The molecule has 3 atom stereocenters. The summed E-state index contributed by atoms with van der Waals surface area (Å²) in [5.41, 5.74) is 0. The van der Waals surface area contributed by atoms with Gasteiger partial charge in [0.25, 0.3) is 0 Å². The molecule has 25 heavy (non-hydrogen) atoms. The molecule has 0 aromatic rings. The summed E-state index contributed by atoms with van der Waals surface area (Å²) in [5, 5.41) is 28.8. The van der Waals surface area contributed by atoms with E-state index in [2.05, 4.69) is 14.7 Å². The molecule has 10 heteroatoms. The standard InChI is InChI=1S/C15H33N3O3.2BrH.Ni.H2O/c1-13(19)10-16-4-6-17(11-14(2)20)8-9-18(7-5-16)12-15(3)21;;;;/h13-15,19-21H,4-12H2,1-3H3;2*1H;;1H2/q;;;+2;/p-2/t13-,14-,15-;;;;/m0..../s1. The first-order valence-corrected chi connectivity index (χ1v) is 8.08. The molecule has 0 spiro atoms. The fourth-order valence-electron chi connectivity index (χ4n) is 2.85. The first kappa shape index (κ1) is 33.7. The van der Waals surface area contributed by atoms with Crippen LogP contribution in [0.2, 0.25) is 0 Å². The van der Waals surface area contributed by atoms with Crippen molar-refractivity contribution in [2.75, 3.05) is 58.9 Å². The van der Waals surface area contributed by atoms with E-state index in [-0.39, 0.29) is 74.2 Å². The maximum absolute atomic E-state index is 9.61. The molecule has 0 unspecified atom stereocenters. The number of hydrogen-bond acceptors (Lipinski definition) is 6. The van der Waals surface area contributed by atoms with Gasteiger partial charge in [0, 0.05) is 58.9 Å². The fraction of sp³-hybridized carbons (Fsp3) is 1.00. The van der Waals surface area contributed by atoms with Crippen molar-refractivity contribution >= 4 is 0 Å². The van der Waals surface area contributed by atoms with Crippen molar-refractivity contribution in [2.45, 2.75) is 39.1 Å². The van der Waals surface area contributed by atoms with E-state index in [9.17, 15) is 15.3 Å². The number of nitrogens with zero attached hydrogens (tertiary/aromatic N) is 3. The van der Waals surface area contributed by atoms with Crippen LogP contribution in [-0.4, -0.2) is 113 Å². The van der Waals surface area contributed by atoms with Crippen LogP contribution in [-0.2, 0) is 16.5 Å². The summed E-state index contributed by atoms with van der Waals surface area (Å²) in [6.07, 6.45) is -0.997. The SMILES string of the molecule is C[C@H](O)CN1CCN(C[C@H](C)O)CCN(C[C@H](C)O)CC1.O.[Br-].[Br-].[Ni+2]. The monoisotopic (exact) mass is 537 g/mol. The average Bonchev–Trinajstić information content (AvgIpc) is 2.42. The van der Waals surface area contributed by atoms with Gasteiger partial charge < -0.3 is 54.8 Å². The first-order chi connectivity index (χ1) is 9.86. The van der Waals surface area contributed by atoms with Crippen molar-refractivity contribution in [1.82, 2.24) is 14.7 Å². The Hall–Kier alpha value is 1.17. The molecule has 1 aliphatic rings. The Balaban J connectivity index is -0.000000551. The molecule has 0 radical (unpaired) electrons. The summed E-state index contributed by atoms with van der Waals surface area (Å²) in [7, 11) is 0. The smallest absolute Gasteiger partial charge is 1.00 e. The molecular weight excluding hydrogens is 505 g/mol. The third-order valence-corrected chi connectivity index (χ3v) is 3.76. The minimum Gasteiger partial charge on any atom is -1.00 e. The van der Waals surface area contributed by atoms with Gasteiger partial charge >= 0.3 is 16.5 Å². The molecular formula is C15H35Br2N3NiO4. The van der Waals surface area contributed by atoms with E-state index in [0.29, 0.717) is 19.6 Å². The van der Waals surface area contributed by atoms with Crippen LogP contribution >= 0.6 is 0 Å². The van der Waals surface area contributed by atoms with Gasteiger partial charge in [0.05, 0.1) is 18.3 Å². The van der Waals surface area contributed by atoms with Gasteiger partial charge in [-0.25, -0.2) is 0 Å². The molecule has 1 heterocycles. The van der Waals surface area contributed by atoms with Gasteiger partial charge in [-0.1, -0.05) is 0 Å². The van der Waals surface area contributed by atoms with Gasteiger partial charge in [-0.15, -0.1) is 0 Å². The Labute approximate surface area is 183 Å². The number of aliphatic hydroxyl groups is 3. The van der Waals surface area contributed by atoms with E-state index in [1.54, 1.807) is 0 Å². The molecule has 1 rings (SSSR count). The number of β-amino-alcohol motifs (C(OH)–C–C–N with tert-alkyl or cyclic N) is 3. The van der Waals surface area contributed by atoms with Crippen LogP contribution in [0, 0.1) is 0 Å². The molecule has 158 valence electrons. The average molecular weight is 540 g/mol. The summed E-state index contributed by atoms with van der Waals surface area (Å²) in [6.45, 7) is 12.9. The maximum Gasteiger partial charge on any atom is 2.00 e. The second-order valence-corrected chi connectivity index (χ2v) is 6.45. The Morgan fingerprint density at radius 2 is 0.760 bits per heavy atom. The number of halogens is 2. The third kappa shape index (κ3) is 17.0. The first-order valence-electron chi connectivity index (χ1n) is 8.08. The summed E-state index contributed by atoms with van der Waals surface area (Å²) < 4.78 is 0. The molecule has 5 N–H and O–H groups in total. The Kier molecular flexibility index (Phi) is 25.0. The molecule has 1 saturated heterocycles. The van der Waals surface area contributed by atoms with E-state index in [0.717, 1.165) is 39.3 Å². The minimum atomic E-state index is -0.332. The van der Waals surface area contributed by atoms with Gasteiger partial charge in [-0.2, -0.15) is 0 Å². The molecule has 1 aliphatic heterocycles. The maximum atomic E-state index is 9.61. The minimum absolute atomic E-state index is 0.